The topological polar surface area (TPSA) is 56.4 Å². The van der Waals surface area contributed by atoms with Crippen LogP contribution in [-0.4, -0.2) is 52.8 Å². The fraction of sp³-hybridized carbons (Fsp3) is 0.214. The molecule has 5 heteroatoms. The van der Waals surface area contributed by atoms with Gasteiger partial charge in [0, 0.05) is 40.2 Å². The minimum Gasteiger partial charge on any atom is -0.354 e. The van der Waals surface area contributed by atoms with Gasteiger partial charge in [0.25, 0.3) is 11.8 Å². The smallest absolute Gasteiger partial charge is 0.262 e. The Morgan fingerprint density at radius 2 is 1.42 bits per heavy atom. The number of nitrogens with one attached hydrogen (secondary N) is 1. The van der Waals surface area contributed by atoms with Crippen molar-refractivity contribution in [1.29, 1.82) is 0 Å². The van der Waals surface area contributed by atoms with Crippen molar-refractivity contribution < 1.29 is 9.59 Å². The number of hydrogen-bond acceptors (Lipinski definition) is 3. The molecule has 0 saturated heterocycles. The lowest BCUT2D eigenvalue weighted by atomic mass is 9.91. The Bertz CT molecular complexity index is 1590. The van der Waals surface area contributed by atoms with Crippen LogP contribution in [0.2, 0.25) is 0 Å². The maximum Gasteiger partial charge on any atom is 0.262 e. The van der Waals surface area contributed by atoms with Crippen LogP contribution in [-0.2, 0) is 0 Å². The molecule has 164 valence electrons. The van der Waals surface area contributed by atoms with Crippen LogP contribution in [0.3, 0.4) is 0 Å². The van der Waals surface area contributed by atoms with Crippen LogP contribution in [0.25, 0.3) is 43.4 Å². The Hall–Kier alpha value is -3.70. The molecule has 0 atom stereocenters. The summed E-state index contributed by atoms with van der Waals surface area (Å²) in [6, 6.07) is 20.3. The molecule has 0 unspecified atom stereocenters. The number of benzene rings is 4. The van der Waals surface area contributed by atoms with Crippen LogP contribution in [0, 0.1) is 0 Å². The van der Waals surface area contributed by atoms with E-state index in [4.69, 9.17) is 0 Å². The van der Waals surface area contributed by atoms with E-state index in [0.717, 1.165) is 56.4 Å². The fourth-order valence-corrected chi connectivity index (χ4v) is 5.38. The van der Waals surface area contributed by atoms with Gasteiger partial charge in [-0.1, -0.05) is 68.4 Å². The molecule has 1 N–H and O–H groups in total. The number of carbonyl (C=O) groups is 2. The first kappa shape index (κ1) is 19.9. The number of hydrogen-bond donors (Lipinski definition) is 1. The van der Waals surface area contributed by atoms with Crippen molar-refractivity contribution in [3.63, 3.8) is 0 Å². The van der Waals surface area contributed by atoms with Crippen molar-refractivity contribution in [2.24, 2.45) is 0 Å². The van der Waals surface area contributed by atoms with E-state index in [1.54, 1.807) is 0 Å². The first-order valence-corrected chi connectivity index (χ1v) is 11.6. The van der Waals surface area contributed by atoms with E-state index >= 15 is 0 Å². The SMILES string of the molecule is CCN(CC)CCN1C(=O)c2c(c3c4ccccc4[nH]c3c3ccc4ccccc4c23)C1=O. The molecule has 5 nitrogen and oxygen atoms in total. The van der Waals surface area contributed by atoms with Gasteiger partial charge in [-0.2, -0.15) is 0 Å². The van der Waals surface area contributed by atoms with Gasteiger partial charge >= 0.3 is 0 Å². The predicted molar refractivity (Wildman–Crippen MR) is 134 cm³/mol. The number of likely N-dealkylation sites (N-methyl/N-ethyl adjacent to an activating group) is 1. The highest BCUT2D eigenvalue weighted by Crippen LogP contribution is 2.43. The van der Waals surface area contributed by atoms with Gasteiger partial charge in [-0.05, 0) is 29.9 Å². The molecule has 33 heavy (non-hydrogen) atoms. The van der Waals surface area contributed by atoms with E-state index in [-0.39, 0.29) is 11.8 Å². The molecule has 2 heterocycles. The van der Waals surface area contributed by atoms with Gasteiger partial charge in [0.1, 0.15) is 0 Å². The molecule has 4 aromatic carbocycles. The molecule has 0 aliphatic carbocycles. The average molecular weight is 436 g/mol. The van der Waals surface area contributed by atoms with Crippen LogP contribution >= 0.6 is 0 Å². The Morgan fingerprint density at radius 3 is 2.18 bits per heavy atom. The molecule has 0 bridgehead atoms. The molecular weight excluding hydrogens is 410 g/mol. The zero-order valence-corrected chi connectivity index (χ0v) is 18.8. The molecular formula is C28H25N3O2. The third kappa shape index (κ3) is 2.75. The number of rotatable bonds is 5. The molecule has 1 aliphatic rings. The zero-order chi connectivity index (χ0) is 22.7. The Balaban J connectivity index is 1.70. The highest BCUT2D eigenvalue weighted by Gasteiger charge is 2.40. The monoisotopic (exact) mass is 435 g/mol. The second-order valence-corrected chi connectivity index (χ2v) is 8.67. The van der Waals surface area contributed by atoms with Gasteiger partial charge in [-0.3, -0.25) is 14.5 Å². The van der Waals surface area contributed by atoms with Crippen LogP contribution in [0.4, 0.5) is 0 Å². The van der Waals surface area contributed by atoms with Crippen molar-refractivity contribution in [2.45, 2.75) is 13.8 Å². The maximum absolute atomic E-state index is 13.8. The molecule has 1 aromatic heterocycles. The number of amides is 2. The van der Waals surface area contributed by atoms with Gasteiger partial charge in [0.05, 0.1) is 16.6 Å². The third-order valence-electron chi connectivity index (χ3n) is 7.11. The molecule has 1 aliphatic heterocycles. The number of carbonyl (C=O) groups excluding carboxylic acids is 2. The summed E-state index contributed by atoms with van der Waals surface area (Å²) in [6.45, 7) is 7.04. The summed E-state index contributed by atoms with van der Waals surface area (Å²) in [7, 11) is 0. The van der Waals surface area contributed by atoms with Crippen molar-refractivity contribution in [2.75, 3.05) is 26.2 Å². The zero-order valence-electron chi connectivity index (χ0n) is 18.8. The molecule has 0 spiro atoms. The van der Waals surface area contributed by atoms with Gasteiger partial charge in [0.2, 0.25) is 0 Å². The number of fused-ring (bicyclic) bond motifs is 10. The van der Waals surface area contributed by atoms with E-state index in [2.05, 4.69) is 41.9 Å². The first-order chi connectivity index (χ1) is 16.1. The molecule has 6 rings (SSSR count). The van der Waals surface area contributed by atoms with E-state index < -0.39 is 0 Å². The molecule has 5 aromatic rings. The van der Waals surface area contributed by atoms with Crippen LogP contribution in [0.5, 0.6) is 0 Å². The number of para-hydroxylation sites is 1. The van der Waals surface area contributed by atoms with Crippen molar-refractivity contribution in [1.82, 2.24) is 14.8 Å². The van der Waals surface area contributed by atoms with E-state index in [0.29, 0.717) is 24.2 Å². The number of aromatic amines is 1. The van der Waals surface area contributed by atoms with Crippen molar-refractivity contribution >= 4 is 55.2 Å². The van der Waals surface area contributed by atoms with Gasteiger partial charge in [-0.15, -0.1) is 0 Å². The summed E-state index contributed by atoms with van der Waals surface area (Å²) in [6.07, 6.45) is 0. The highest BCUT2D eigenvalue weighted by atomic mass is 16.2. The number of imide groups is 1. The number of aromatic nitrogens is 1. The number of H-pyrrole nitrogens is 1. The molecule has 0 saturated carbocycles. The standard InChI is InChI=1S/C28H25N3O2/c1-3-30(4-2)15-16-31-27(32)24-22-18-10-6-5-9-17(18)13-14-20(22)26-23(25(24)28(31)33)19-11-7-8-12-21(19)29-26/h5-14,29H,3-4,15-16H2,1-2H3. The largest absolute Gasteiger partial charge is 0.354 e. The molecule has 2 amide bonds. The predicted octanol–water partition coefficient (Wildman–Crippen LogP) is 5.57. The lowest BCUT2D eigenvalue weighted by Gasteiger charge is -2.21. The van der Waals surface area contributed by atoms with E-state index in [1.165, 1.54) is 4.90 Å². The minimum absolute atomic E-state index is 0.185. The molecule has 0 fully saturated rings. The van der Waals surface area contributed by atoms with Crippen molar-refractivity contribution in [3.05, 3.63) is 71.8 Å². The summed E-state index contributed by atoms with van der Waals surface area (Å²) in [5.74, 6) is -0.373. The summed E-state index contributed by atoms with van der Waals surface area (Å²) in [4.78, 5) is 34.9. The number of nitrogens with zero attached hydrogens (tertiary/aromatic N) is 2. The van der Waals surface area contributed by atoms with Gasteiger partial charge in [-0.25, -0.2) is 0 Å². The quantitative estimate of drug-likeness (QED) is 0.290. The lowest BCUT2D eigenvalue weighted by Crippen LogP contribution is -2.38. The maximum atomic E-state index is 13.8. The second kappa shape index (κ2) is 7.42. The third-order valence-corrected chi connectivity index (χ3v) is 7.11. The summed E-state index contributed by atoms with van der Waals surface area (Å²) < 4.78 is 0. The van der Waals surface area contributed by atoms with E-state index in [9.17, 15) is 9.59 Å². The average Bonchev–Trinajstić information content (AvgIpc) is 3.35. The first-order valence-electron chi connectivity index (χ1n) is 11.6. The Kier molecular flexibility index (Phi) is 4.49. The fourth-order valence-electron chi connectivity index (χ4n) is 5.38. The van der Waals surface area contributed by atoms with Crippen LogP contribution < -0.4 is 0 Å². The van der Waals surface area contributed by atoms with E-state index in [1.807, 2.05) is 42.5 Å². The second-order valence-electron chi connectivity index (χ2n) is 8.67. The highest BCUT2D eigenvalue weighted by molar-refractivity contribution is 6.39. The summed E-state index contributed by atoms with van der Waals surface area (Å²) in [5.41, 5.74) is 2.97. The summed E-state index contributed by atoms with van der Waals surface area (Å²) >= 11 is 0. The Morgan fingerprint density at radius 1 is 0.758 bits per heavy atom. The normalized spacial score (nSPS) is 14.0. The summed E-state index contributed by atoms with van der Waals surface area (Å²) in [5, 5.41) is 5.73. The van der Waals surface area contributed by atoms with Gasteiger partial charge < -0.3 is 9.88 Å². The molecule has 0 radical (unpaired) electrons. The van der Waals surface area contributed by atoms with Crippen LogP contribution in [0.1, 0.15) is 34.6 Å². The Labute approximate surface area is 191 Å². The van der Waals surface area contributed by atoms with Crippen molar-refractivity contribution in [3.8, 4) is 0 Å². The van der Waals surface area contributed by atoms with Gasteiger partial charge in [0.15, 0.2) is 0 Å². The van der Waals surface area contributed by atoms with Crippen LogP contribution in [0.15, 0.2) is 60.7 Å². The lowest BCUT2D eigenvalue weighted by molar-refractivity contribution is 0.0639. The minimum atomic E-state index is -0.188.